The molecule has 0 amide bonds. The molecule has 0 aromatic heterocycles. The van der Waals surface area contributed by atoms with Crippen LogP contribution >= 0.6 is 0 Å². The van der Waals surface area contributed by atoms with E-state index in [4.69, 9.17) is 10.00 Å². The second-order valence-corrected chi connectivity index (χ2v) is 4.96. The van der Waals surface area contributed by atoms with E-state index in [1.807, 2.05) is 30.3 Å². The third kappa shape index (κ3) is 2.06. The van der Waals surface area contributed by atoms with Crippen molar-refractivity contribution in [2.24, 2.45) is 11.8 Å². The highest BCUT2D eigenvalue weighted by atomic mass is 16.5. The van der Waals surface area contributed by atoms with E-state index in [0.717, 1.165) is 23.3 Å². The Labute approximate surface area is 107 Å². The summed E-state index contributed by atoms with van der Waals surface area (Å²) >= 11 is 0. The number of nitrogens with one attached hydrogen (secondary N) is 1. The van der Waals surface area contributed by atoms with Gasteiger partial charge in [-0.05, 0) is 43.0 Å². The molecule has 3 unspecified atom stereocenters. The summed E-state index contributed by atoms with van der Waals surface area (Å²) < 4.78 is 5.22. The Morgan fingerprint density at radius 1 is 1.33 bits per heavy atom. The lowest BCUT2D eigenvalue weighted by atomic mass is 9.71. The van der Waals surface area contributed by atoms with Crippen molar-refractivity contribution < 1.29 is 4.74 Å². The SMILES string of the molecule is N#CCOc1ccc(NC2CC3CC=CC32)cc1. The average Bonchev–Trinajstić information content (AvgIpc) is 2.76. The van der Waals surface area contributed by atoms with Gasteiger partial charge in [-0.1, -0.05) is 12.2 Å². The highest BCUT2D eigenvalue weighted by Gasteiger charge is 2.40. The molecule has 0 heterocycles. The molecular formula is C15H16N2O. The topological polar surface area (TPSA) is 45.0 Å². The second kappa shape index (κ2) is 4.73. The van der Waals surface area contributed by atoms with Crippen molar-refractivity contribution in [3.8, 4) is 11.8 Å². The molecule has 2 aliphatic rings. The van der Waals surface area contributed by atoms with E-state index in [2.05, 4.69) is 17.5 Å². The number of fused-ring (bicyclic) bond motifs is 1. The number of benzene rings is 1. The van der Waals surface area contributed by atoms with Crippen molar-refractivity contribution in [3.05, 3.63) is 36.4 Å². The first-order chi connectivity index (χ1) is 8.86. The first kappa shape index (κ1) is 11.2. The maximum atomic E-state index is 8.43. The zero-order valence-electron chi connectivity index (χ0n) is 10.2. The van der Waals surface area contributed by atoms with Crippen LogP contribution in [0.15, 0.2) is 36.4 Å². The van der Waals surface area contributed by atoms with Crippen molar-refractivity contribution in [2.75, 3.05) is 11.9 Å². The average molecular weight is 240 g/mol. The summed E-state index contributed by atoms with van der Waals surface area (Å²) in [7, 11) is 0. The van der Waals surface area contributed by atoms with Gasteiger partial charge in [0, 0.05) is 17.6 Å². The van der Waals surface area contributed by atoms with Crippen LogP contribution in [-0.2, 0) is 0 Å². The summed E-state index contributed by atoms with van der Waals surface area (Å²) in [5, 5.41) is 12.0. The van der Waals surface area contributed by atoms with Crippen LogP contribution in [-0.4, -0.2) is 12.6 Å². The van der Waals surface area contributed by atoms with E-state index in [1.54, 1.807) is 0 Å². The molecule has 3 nitrogen and oxygen atoms in total. The number of nitriles is 1. The van der Waals surface area contributed by atoms with E-state index in [0.29, 0.717) is 6.04 Å². The third-order valence-corrected chi connectivity index (χ3v) is 3.87. The molecule has 0 radical (unpaired) electrons. The predicted octanol–water partition coefficient (Wildman–Crippen LogP) is 2.97. The van der Waals surface area contributed by atoms with E-state index < -0.39 is 0 Å². The smallest absolute Gasteiger partial charge is 0.174 e. The minimum Gasteiger partial charge on any atom is -0.479 e. The highest BCUT2D eigenvalue weighted by Crippen LogP contribution is 2.44. The zero-order valence-corrected chi connectivity index (χ0v) is 10.2. The van der Waals surface area contributed by atoms with Gasteiger partial charge in [0.1, 0.15) is 11.8 Å². The maximum absolute atomic E-state index is 8.43. The zero-order chi connectivity index (χ0) is 12.4. The summed E-state index contributed by atoms with van der Waals surface area (Å²) in [6.45, 7) is 0.101. The van der Waals surface area contributed by atoms with Crippen LogP contribution in [0.25, 0.3) is 0 Å². The molecule has 0 saturated heterocycles. The van der Waals surface area contributed by atoms with Gasteiger partial charge in [0.2, 0.25) is 0 Å². The van der Waals surface area contributed by atoms with E-state index in [-0.39, 0.29) is 6.61 Å². The third-order valence-electron chi connectivity index (χ3n) is 3.87. The van der Waals surface area contributed by atoms with Gasteiger partial charge in [0.25, 0.3) is 0 Å². The predicted molar refractivity (Wildman–Crippen MR) is 70.3 cm³/mol. The summed E-state index contributed by atoms with van der Waals surface area (Å²) in [5.74, 6) is 2.34. The Hall–Kier alpha value is -1.95. The number of hydrogen-bond donors (Lipinski definition) is 1. The van der Waals surface area contributed by atoms with Gasteiger partial charge in [-0.3, -0.25) is 0 Å². The van der Waals surface area contributed by atoms with E-state index >= 15 is 0 Å². The van der Waals surface area contributed by atoms with Crippen LogP contribution in [0.4, 0.5) is 5.69 Å². The first-order valence-electron chi connectivity index (χ1n) is 6.40. The van der Waals surface area contributed by atoms with Gasteiger partial charge in [-0.15, -0.1) is 0 Å². The van der Waals surface area contributed by atoms with E-state index in [1.165, 1.54) is 12.8 Å². The van der Waals surface area contributed by atoms with Crippen molar-refractivity contribution in [3.63, 3.8) is 0 Å². The van der Waals surface area contributed by atoms with Crippen molar-refractivity contribution in [1.29, 1.82) is 5.26 Å². The second-order valence-electron chi connectivity index (χ2n) is 4.96. The Bertz CT molecular complexity index is 486. The van der Waals surface area contributed by atoms with Gasteiger partial charge in [0.15, 0.2) is 6.61 Å². The van der Waals surface area contributed by atoms with Crippen LogP contribution in [0.1, 0.15) is 12.8 Å². The van der Waals surface area contributed by atoms with Crippen molar-refractivity contribution in [2.45, 2.75) is 18.9 Å². The van der Waals surface area contributed by atoms with Crippen molar-refractivity contribution in [1.82, 2.24) is 0 Å². The lowest BCUT2D eigenvalue weighted by Crippen LogP contribution is -2.43. The summed E-state index contributed by atoms with van der Waals surface area (Å²) in [4.78, 5) is 0. The number of hydrogen-bond acceptors (Lipinski definition) is 3. The largest absolute Gasteiger partial charge is 0.479 e. The molecule has 2 aliphatic carbocycles. The van der Waals surface area contributed by atoms with Crippen LogP contribution in [0.5, 0.6) is 5.75 Å². The van der Waals surface area contributed by atoms with Gasteiger partial charge in [0.05, 0.1) is 0 Å². The van der Waals surface area contributed by atoms with Gasteiger partial charge < -0.3 is 10.1 Å². The molecule has 3 atom stereocenters. The number of nitrogens with zero attached hydrogens (tertiary/aromatic N) is 1. The number of allylic oxidation sites excluding steroid dienone is 1. The number of anilines is 1. The Morgan fingerprint density at radius 3 is 2.89 bits per heavy atom. The molecule has 1 aromatic rings. The highest BCUT2D eigenvalue weighted by molar-refractivity contribution is 5.48. The minimum atomic E-state index is 0.101. The van der Waals surface area contributed by atoms with Crippen LogP contribution in [0.3, 0.4) is 0 Å². The number of ether oxygens (including phenoxy) is 1. The number of rotatable bonds is 4. The first-order valence-corrected chi connectivity index (χ1v) is 6.40. The molecule has 1 N–H and O–H groups in total. The molecule has 0 spiro atoms. The molecule has 1 saturated carbocycles. The van der Waals surface area contributed by atoms with Gasteiger partial charge in [-0.25, -0.2) is 0 Å². The summed E-state index contributed by atoms with van der Waals surface area (Å²) in [5.41, 5.74) is 1.13. The lowest BCUT2D eigenvalue weighted by molar-refractivity contribution is 0.218. The van der Waals surface area contributed by atoms with Crippen LogP contribution in [0.2, 0.25) is 0 Å². The molecular weight excluding hydrogens is 224 g/mol. The molecule has 92 valence electrons. The van der Waals surface area contributed by atoms with Crippen LogP contribution < -0.4 is 10.1 Å². The fraction of sp³-hybridized carbons (Fsp3) is 0.400. The summed E-state index contributed by atoms with van der Waals surface area (Å²) in [6, 6.07) is 10.4. The van der Waals surface area contributed by atoms with Gasteiger partial charge >= 0.3 is 0 Å². The Kier molecular flexibility index (Phi) is 2.93. The van der Waals surface area contributed by atoms with Gasteiger partial charge in [-0.2, -0.15) is 5.26 Å². The van der Waals surface area contributed by atoms with Crippen LogP contribution in [0, 0.1) is 23.2 Å². The Balaban J connectivity index is 1.57. The van der Waals surface area contributed by atoms with Crippen molar-refractivity contribution >= 4 is 5.69 Å². The molecule has 0 aliphatic heterocycles. The quantitative estimate of drug-likeness (QED) is 0.823. The standard InChI is InChI=1S/C15H16N2O/c16-8-9-18-13-6-4-12(5-7-13)17-15-10-11-2-1-3-14(11)15/h1,3-7,11,14-15,17H,2,9-10H2. The monoisotopic (exact) mass is 240 g/mol. The maximum Gasteiger partial charge on any atom is 0.174 e. The fourth-order valence-electron chi connectivity index (χ4n) is 2.86. The fourth-order valence-corrected chi connectivity index (χ4v) is 2.86. The minimum absolute atomic E-state index is 0.101. The van der Waals surface area contributed by atoms with E-state index in [9.17, 15) is 0 Å². The summed E-state index contributed by atoms with van der Waals surface area (Å²) in [6.07, 6.45) is 7.17. The molecule has 1 aromatic carbocycles. The lowest BCUT2D eigenvalue weighted by Gasteiger charge is -2.41. The molecule has 3 rings (SSSR count). The molecule has 1 fully saturated rings. The molecule has 18 heavy (non-hydrogen) atoms. The molecule has 0 bridgehead atoms. The Morgan fingerprint density at radius 2 is 2.17 bits per heavy atom. The normalized spacial score (nSPS) is 28.1. The molecule has 3 heteroatoms.